The Balaban J connectivity index is 1.86. The zero-order valence-corrected chi connectivity index (χ0v) is 9.35. The van der Waals surface area contributed by atoms with E-state index in [0.717, 1.165) is 31.5 Å². The molecule has 0 aromatic heterocycles. The van der Waals surface area contributed by atoms with Crippen LogP contribution in [0.2, 0.25) is 0 Å². The zero-order valence-electron chi connectivity index (χ0n) is 9.35. The van der Waals surface area contributed by atoms with Crippen LogP contribution < -0.4 is 5.32 Å². The van der Waals surface area contributed by atoms with Gasteiger partial charge in [-0.05, 0) is 49.5 Å². The van der Waals surface area contributed by atoms with Crippen LogP contribution in [-0.2, 0) is 11.6 Å². The van der Waals surface area contributed by atoms with Crippen LogP contribution in [0.3, 0.4) is 0 Å². The fraction of sp³-hybridized carbons (Fsp3) is 0.538. The Kier molecular flexibility index (Phi) is 2.27. The number of rotatable bonds is 1. The van der Waals surface area contributed by atoms with Crippen molar-refractivity contribution < 1.29 is 13.2 Å². The van der Waals surface area contributed by atoms with Crippen LogP contribution in [0.15, 0.2) is 24.3 Å². The van der Waals surface area contributed by atoms with Gasteiger partial charge in [-0.15, -0.1) is 0 Å². The van der Waals surface area contributed by atoms with Crippen molar-refractivity contribution in [2.24, 2.45) is 5.92 Å². The highest BCUT2D eigenvalue weighted by molar-refractivity contribution is 5.37. The predicted molar refractivity (Wildman–Crippen MR) is 58.7 cm³/mol. The molecule has 0 radical (unpaired) electrons. The molecule has 0 bridgehead atoms. The van der Waals surface area contributed by atoms with E-state index in [1.165, 1.54) is 12.1 Å². The number of fused-ring (bicyclic) bond motifs is 1. The molecule has 1 aromatic carbocycles. The number of nitrogens with one attached hydrogen (secondary N) is 1. The fourth-order valence-corrected chi connectivity index (χ4v) is 3.03. The van der Waals surface area contributed by atoms with E-state index in [9.17, 15) is 13.2 Å². The van der Waals surface area contributed by atoms with Gasteiger partial charge >= 0.3 is 6.18 Å². The summed E-state index contributed by atoms with van der Waals surface area (Å²) in [5, 5.41) is 3.33. The lowest BCUT2D eigenvalue weighted by Crippen LogP contribution is -2.31. The number of piperidine rings is 1. The first kappa shape index (κ1) is 11.1. The number of hydrogen-bond donors (Lipinski definition) is 1. The van der Waals surface area contributed by atoms with E-state index >= 15 is 0 Å². The summed E-state index contributed by atoms with van der Waals surface area (Å²) in [5.74, 6) is 0.619. The van der Waals surface area contributed by atoms with Gasteiger partial charge in [0.05, 0.1) is 5.56 Å². The molecule has 1 N–H and O–H groups in total. The smallest absolute Gasteiger partial charge is 0.316 e. The SMILES string of the molecule is FC(F)(F)c1ccc([C@]23CCNC[C@H]2C3)cc1. The normalized spacial score (nSPS) is 32.1. The summed E-state index contributed by atoms with van der Waals surface area (Å²) >= 11 is 0. The van der Waals surface area contributed by atoms with Crippen molar-refractivity contribution in [3.63, 3.8) is 0 Å². The summed E-state index contributed by atoms with van der Waals surface area (Å²) in [6.45, 7) is 1.97. The molecule has 17 heavy (non-hydrogen) atoms. The van der Waals surface area contributed by atoms with Gasteiger partial charge in [-0.2, -0.15) is 13.2 Å². The van der Waals surface area contributed by atoms with E-state index in [1.807, 2.05) is 0 Å². The minimum atomic E-state index is -4.23. The second-order valence-corrected chi connectivity index (χ2v) is 5.09. The van der Waals surface area contributed by atoms with Gasteiger partial charge in [-0.3, -0.25) is 0 Å². The van der Waals surface area contributed by atoms with Gasteiger partial charge < -0.3 is 5.32 Å². The topological polar surface area (TPSA) is 12.0 Å². The standard InChI is InChI=1S/C13H14F3N/c14-13(15,16)10-3-1-9(2-4-10)12-5-6-17-8-11(12)7-12/h1-4,11,17H,5-8H2/t11-,12-/m1/s1. The van der Waals surface area contributed by atoms with Crippen LogP contribution in [0.1, 0.15) is 24.0 Å². The van der Waals surface area contributed by atoms with Crippen molar-refractivity contribution in [1.82, 2.24) is 5.32 Å². The first-order valence-corrected chi connectivity index (χ1v) is 5.91. The lowest BCUT2D eigenvalue weighted by Gasteiger charge is -2.23. The van der Waals surface area contributed by atoms with Crippen molar-refractivity contribution in [1.29, 1.82) is 0 Å². The number of benzene rings is 1. The predicted octanol–water partition coefficient (Wildman–Crippen LogP) is 2.96. The minimum Gasteiger partial charge on any atom is -0.316 e. The van der Waals surface area contributed by atoms with Gasteiger partial charge in [0.15, 0.2) is 0 Å². The van der Waals surface area contributed by atoms with Crippen LogP contribution in [0.4, 0.5) is 13.2 Å². The lowest BCUT2D eigenvalue weighted by atomic mass is 9.87. The third kappa shape index (κ3) is 1.75. The van der Waals surface area contributed by atoms with Crippen molar-refractivity contribution >= 4 is 0 Å². The van der Waals surface area contributed by atoms with E-state index in [4.69, 9.17) is 0 Å². The molecule has 1 nitrogen and oxygen atoms in total. The van der Waals surface area contributed by atoms with Gasteiger partial charge in [0.25, 0.3) is 0 Å². The van der Waals surface area contributed by atoms with E-state index < -0.39 is 11.7 Å². The molecule has 2 atom stereocenters. The summed E-state index contributed by atoms with van der Waals surface area (Å²) in [5.41, 5.74) is 0.704. The highest BCUT2D eigenvalue weighted by Crippen LogP contribution is 2.57. The molecule has 1 aliphatic carbocycles. The summed E-state index contributed by atoms with van der Waals surface area (Å²) < 4.78 is 37.4. The molecule has 1 aromatic rings. The monoisotopic (exact) mass is 241 g/mol. The van der Waals surface area contributed by atoms with E-state index in [2.05, 4.69) is 5.32 Å². The Labute approximate surface area is 98.0 Å². The molecule has 1 saturated heterocycles. The first-order valence-electron chi connectivity index (χ1n) is 5.91. The van der Waals surface area contributed by atoms with Crippen molar-refractivity contribution in [2.75, 3.05) is 13.1 Å². The Hall–Kier alpha value is -1.03. The van der Waals surface area contributed by atoms with Crippen LogP contribution in [-0.4, -0.2) is 13.1 Å². The average molecular weight is 241 g/mol. The lowest BCUT2D eigenvalue weighted by molar-refractivity contribution is -0.137. The summed E-state index contributed by atoms with van der Waals surface area (Å²) in [6, 6.07) is 5.74. The molecular formula is C13H14F3N. The maximum atomic E-state index is 12.5. The Morgan fingerprint density at radius 2 is 1.88 bits per heavy atom. The molecule has 3 rings (SSSR count). The largest absolute Gasteiger partial charge is 0.416 e. The van der Waals surface area contributed by atoms with Gasteiger partial charge in [-0.25, -0.2) is 0 Å². The van der Waals surface area contributed by atoms with Crippen LogP contribution >= 0.6 is 0 Å². The van der Waals surface area contributed by atoms with Crippen molar-refractivity contribution in [2.45, 2.75) is 24.4 Å². The molecule has 2 fully saturated rings. The molecule has 1 saturated carbocycles. The highest BCUT2D eigenvalue weighted by atomic mass is 19.4. The quantitative estimate of drug-likeness (QED) is 0.797. The molecule has 1 aliphatic heterocycles. The molecular weight excluding hydrogens is 227 g/mol. The van der Waals surface area contributed by atoms with Gasteiger partial charge in [0.1, 0.15) is 0 Å². The Bertz CT molecular complexity index is 423. The van der Waals surface area contributed by atoms with Gasteiger partial charge in [0, 0.05) is 5.41 Å². The Morgan fingerprint density at radius 3 is 2.47 bits per heavy atom. The average Bonchev–Trinajstić information content (AvgIpc) is 3.03. The molecule has 4 heteroatoms. The van der Waals surface area contributed by atoms with Crippen molar-refractivity contribution in [3.05, 3.63) is 35.4 Å². The van der Waals surface area contributed by atoms with E-state index in [-0.39, 0.29) is 5.41 Å². The van der Waals surface area contributed by atoms with Crippen molar-refractivity contribution in [3.8, 4) is 0 Å². The zero-order chi connectivity index (χ0) is 12.1. The third-order valence-corrected chi connectivity index (χ3v) is 4.16. The van der Waals surface area contributed by atoms with E-state index in [0.29, 0.717) is 5.92 Å². The molecule has 92 valence electrons. The summed E-state index contributed by atoms with van der Waals surface area (Å²) in [4.78, 5) is 0. The Morgan fingerprint density at radius 1 is 1.18 bits per heavy atom. The second-order valence-electron chi connectivity index (χ2n) is 5.09. The summed E-state index contributed by atoms with van der Waals surface area (Å²) in [7, 11) is 0. The number of alkyl halides is 3. The second kappa shape index (κ2) is 3.48. The maximum absolute atomic E-state index is 12.5. The molecule has 1 heterocycles. The molecule has 0 spiro atoms. The molecule has 2 aliphatic rings. The number of halogens is 3. The highest BCUT2D eigenvalue weighted by Gasteiger charge is 2.55. The van der Waals surface area contributed by atoms with E-state index in [1.54, 1.807) is 12.1 Å². The first-order chi connectivity index (χ1) is 8.02. The van der Waals surface area contributed by atoms with Crippen LogP contribution in [0, 0.1) is 5.92 Å². The summed E-state index contributed by atoms with van der Waals surface area (Å²) in [6.07, 6.45) is -2.07. The third-order valence-electron chi connectivity index (χ3n) is 4.16. The molecule has 0 amide bonds. The fourth-order valence-electron chi connectivity index (χ4n) is 3.03. The van der Waals surface area contributed by atoms with Gasteiger partial charge in [0.2, 0.25) is 0 Å². The number of hydrogen-bond acceptors (Lipinski definition) is 1. The van der Waals surface area contributed by atoms with Crippen LogP contribution in [0.5, 0.6) is 0 Å². The molecule has 0 unspecified atom stereocenters. The maximum Gasteiger partial charge on any atom is 0.416 e. The minimum absolute atomic E-state index is 0.176. The van der Waals surface area contributed by atoms with Gasteiger partial charge in [-0.1, -0.05) is 12.1 Å². The van der Waals surface area contributed by atoms with Crippen LogP contribution in [0.25, 0.3) is 0 Å².